The molecule has 1 amide bonds. The molecule has 1 aliphatic rings. The zero-order chi connectivity index (χ0) is 9.97. The number of amides is 1. The summed E-state index contributed by atoms with van der Waals surface area (Å²) in [7, 11) is 0. The lowest BCUT2D eigenvalue weighted by Gasteiger charge is -2.14. The van der Waals surface area contributed by atoms with E-state index in [0.717, 1.165) is 18.4 Å². The second kappa shape index (κ2) is 4.45. The number of rotatable bonds is 3. The lowest BCUT2D eigenvalue weighted by molar-refractivity contribution is -0.128. The van der Waals surface area contributed by atoms with Gasteiger partial charge in [0.1, 0.15) is 0 Å². The molecule has 2 rings (SSSR count). The number of halogens is 1. The summed E-state index contributed by atoms with van der Waals surface area (Å²) in [6, 6.07) is 4.11. The number of alkyl halides is 1. The average molecular weight is 274 g/mol. The van der Waals surface area contributed by atoms with E-state index in [1.54, 1.807) is 11.3 Å². The summed E-state index contributed by atoms with van der Waals surface area (Å²) in [5.74, 6) is 0.797. The SMILES string of the molecule is O=C1CC(CBr)CN1Cc1cccs1. The number of nitrogens with zero attached hydrogens (tertiary/aromatic N) is 1. The normalized spacial score (nSPS) is 21.9. The van der Waals surface area contributed by atoms with Gasteiger partial charge in [-0.1, -0.05) is 22.0 Å². The number of hydrogen-bond donors (Lipinski definition) is 0. The van der Waals surface area contributed by atoms with Gasteiger partial charge < -0.3 is 4.90 Å². The van der Waals surface area contributed by atoms with E-state index in [9.17, 15) is 4.79 Å². The van der Waals surface area contributed by atoms with Gasteiger partial charge in [-0.3, -0.25) is 4.79 Å². The molecule has 0 spiro atoms. The monoisotopic (exact) mass is 273 g/mol. The molecule has 0 saturated carbocycles. The van der Waals surface area contributed by atoms with Crippen molar-refractivity contribution in [3.05, 3.63) is 22.4 Å². The highest BCUT2D eigenvalue weighted by Gasteiger charge is 2.28. The first-order valence-corrected chi connectivity index (χ1v) is 6.66. The van der Waals surface area contributed by atoms with Gasteiger partial charge in [0.2, 0.25) is 5.91 Å². The van der Waals surface area contributed by atoms with Crippen LogP contribution in [0.25, 0.3) is 0 Å². The Balaban J connectivity index is 1.96. The number of carbonyl (C=O) groups is 1. The molecule has 0 bridgehead atoms. The molecule has 0 N–H and O–H groups in total. The molecule has 1 fully saturated rings. The standard InChI is InChI=1S/C10H12BrNOS/c11-5-8-4-10(13)12(6-8)7-9-2-1-3-14-9/h1-3,8H,4-7H2. The van der Waals surface area contributed by atoms with Gasteiger partial charge in [0.25, 0.3) is 0 Å². The Kier molecular flexibility index (Phi) is 3.23. The lowest BCUT2D eigenvalue weighted by atomic mass is 10.2. The van der Waals surface area contributed by atoms with E-state index in [-0.39, 0.29) is 0 Å². The molecule has 14 heavy (non-hydrogen) atoms. The first kappa shape index (κ1) is 10.2. The molecule has 1 aliphatic heterocycles. The maximum absolute atomic E-state index is 11.6. The minimum absolute atomic E-state index is 0.294. The van der Waals surface area contributed by atoms with Gasteiger partial charge in [-0.05, 0) is 17.4 Å². The quantitative estimate of drug-likeness (QED) is 0.775. The summed E-state index contributed by atoms with van der Waals surface area (Å²) in [5.41, 5.74) is 0. The van der Waals surface area contributed by atoms with Gasteiger partial charge in [0.05, 0.1) is 6.54 Å². The lowest BCUT2D eigenvalue weighted by Crippen LogP contribution is -2.24. The fourth-order valence-electron chi connectivity index (χ4n) is 1.70. The van der Waals surface area contributed by atoms with Gasteiger partial charge in [-0.2, -0.15) is 0 Å². The average Bonchev–Trinajstić information content (AvgIpc) is 2.78. The van der Waals surface area contributed by atoms with Crippen LogP contribution >= 0.6 is 27.3 Å². The predicted molar refractivity (Wildman–Crippen MR) is 61.6 cm³/mol. The predicted octanol–water partition coefficient (Wildman–Crippen LogP) is 2.49. The second-order valence-electron chi connectivity index (χ2n) is 3.58. The van der Waals surface area contributed by atoms with Crippen LogP contribution in [0.15, 0.2) is 17.5 Å². The largest absolute Gasteiger partial charge is 0.337 e. The summed E-state index contributed by atoms with van der Waals surface area (Å²) in [6.07, 6.45) is 0.705. The maximum Gasteiger partial charge on any atom is 0.223 e. The van der Waals surface area contributed by atoms with Crippen molar-refractivity contribution in [3.63, 3.8) is 0 Å². The molecule has 1 aromatic heterocycles. The molecule has 1 atom stereocenters. The number of likely N-dealkylation sites (tertiary alicyclic amines) is 1. The smallest absolute Gasteiger partial charge is 0.223 e. The number of carbonyl (C=O) groups excluding carboxylic acids is 1. The molecule has 0 radical (unpaired) electrons. The maximum atomic E-state index is 11.6. The van der Waals surface area contributed by atoms with Crippen molar-refractivity contribution in [3.8, 4) is 0 Å². The minimum Gasteiger partial charge on any atom is -0.337 e. The Morgan fingerprint density at radius 2 is 2.50 bits per heavy atom. The second-order valence-corrected chi connectivity index (χ2v) is 5.26. The molecule has 0 aromatic carbocycles. The van der Waals surface area contributed by atoms with Crippen LogP contribution in [0.4, 0.5) is 0 Å². The highest BCUT2D eigenvalue weighted by molar-refractivity contribution is 9.09. The van der Waals surface area contributed by atoms with Gasteiger partial charge in [-0.25, -0.2) is 0 Å². The van der Waals surface area contributed by atoms with Crippen molar-refractivity contribution in [2.75, 3.05) is 11.9 Å². The molecule has 0 aliphatic carbocycles. The molecule has 1 unspecified atom stereocenters. The van der Waals surface area contributed by atoms with E-state index in [1.165, 1.54) is 4.88 Å². The van der Waals surface area contributed by atoms with Crippen molar-refractivity contribution < 1.29 is 4.79 Å². The molecular formula is C10H12BrNOS. The van der Waals surface area contributed by atoms with Crippen LogP contribution in [-0.4, -0.2) is 22.7 Å². The molecule has 1 saturated heterocycles. The van der Waals surface area contributed by atoms with Crippen LogP contribution in [-0.2, 0) is 11.3 Å². The summed E-state index contributed by atoms with van der Waals surface area (Å²) < 4.78 is 0. The van der Waals surface area contributed by atoms with Crippen LogP contribution in [0.2, 0.25) is 0 Å². The van der Waals surface area contributed by atoms with Crippen molar-refractivity contribution in [1.82, 2.24) is 4.90 Å². The van der Waals surface area contributed by atoms with Gasteiger partial charge in [0.15, 0.2) is 0 Å². The first-order valence-electron chi connectivity index (χ1n) is 4.65. The zero-order valence-electron chi connectivity index (χ0n) is 7.78. The van der Waals surface area contributed by atoms with Gasteiger partial charge >= 0.3 is 0 Å². The fraction of sp³-hybridized carbons (Fsp3) is 0.500. The van der Waals surface area contributed by atoms with Crippen molar-refractivity contribution in [1.29, 1.82) is 0 Å². The Morgan fingerprint density at radius 1 is 1.64 bits per heavy atom. The molecule has 2 heterocycles. The molecule has 4 heteroatoms. The van der Waals surface area contributed by atoms with Crippen LogP contribution in [0.1, 0.15) is 11.3 Å². The molecule has 76 valence electrons. The van der Waals surface area contributed by atoms with E-state index < -0.39 is 0 Å². The van der Waals surface area contributed by atoms with E-state index in [2.05, 4.69) is 27.4 Å². The Labute approximate surface area is 96.0 Å². The Bertz CT molecular complexity index is 312. The third kappa shape index (κ3) is 2.17. The first-order chi connectivity index (χ1) is 6.79. The van der Waals surface area contributed by atoms with E-state index in [1.807, 2.05) is 11.0 Å². The topological polar surface area (TPSA) is 20.3 Å². The number of hydrogen-bond acceptors (Lipinski definition) is 2. The Hall–Kier alpha value is -0.350. The molecule has 2 nitrogen and oxygen atoms in total. The molecular weight excluding hydrogens is 262 g/mol. The zero-order valence-corrected chi connectivity index (χ0v) is 10.2. The van der Waals surface area contributed by atoms with Gasteiger partial charge in [0, 0.05) is 23.2 Å². The van der Waals surface area contributed by atoms with Crippen molar-refractivity contribution in [2.24, 2.45) is 5.92 Å². The third-order valence-corrected chi connectivity index (χ3v) is 4.22. The summed E-state index contributed by atoms with van der Waals surface area (Å²) >= 11 is 5.15. The van der Waals surface area contributed by atoms with Crippen LogP contribution in [0.5, 0.6) is 0 Å². The van der Waals surface area contributed by atoms with E-state index >= 15 is 0 Å². The van der Waals surface area contributed by atoms with Crippen LogP contribution in [0.3, 0.4) is 0 Å². The minimum atomic E-state index is 0.294. The highest BCUT2D eigenvalue weighted by Crippen LogP contribution is 2.22. The van der Waals surface area contributed by atoms with Crippen molar-refractivity contribution >= 4 is 33.2 Å². The fourth-order valence-corrected chi connectivity index (χ4v) is 2.85. The molecule has 1 aromatic rings. The Morgan fingerprint density at radius 3 is 3.07 bits per heavy atom. The van der Waals surface area contributed by atoms with E-state index in [4.69, 9.17) is 0 Å². The third-order valence-electron chi connectivity index (χ3n) is 2.44. The van der Waals surface area contributed by atoms with Crippen molar-refractivity contribution in [2.45, 2.75) is 13.0 Å². The summed E-state index contributed by atoms with van der Waals surface area (Å²) in [5, 5.41) is 2.98. The van der Waals surface area contributed by atoms with E-state index in [0.29, 0.717) is 18.2 Å². The van der Waals surface area contributed by atoms with Gasteiger partial charge in [-0.15, -0.1) is 11.3 Å². The summed E-state index contributed by atoms with van der Waals surface area (Å²) in [4.78, 5) is 14.8. The summed E-state index contributed by atoms with van der Waals surface area (Å²) in [6.45, 7) is 1.70. The van der Waals surface area contributed by atoms with Crippen LogP contribution < -0.4 is 0 Å². The van der Waals surface area contributed by atoms with Crippen LogP contribution in [0, 0.1) is 5.92 Å². The highest BCUT2D eigenvalue weighted by atomic mass is 79.9. The number of thiophene rings is 1.